The summed E-state index contributed by atoms with van der Waals surface area (Å²) >= 11 is 0. The highest BCUT2D eigenvalue weighted by atomic mass is 15.2. The second-order valence-electron chi connectivity index (χ2n) is 5.27. The molecule has 0 aliphatic heterocycles. The van der Waals surface area contributed by atoms with Gasteiger partial charge in [0.05, 0.1) is 0 Å². The average Bonchev–Trinajstić information content (AvgIpc) is 2.42. The lowest BCUT2D eigenvalue weighted by Crippen LogP contribution is -2.58. The molecule has 4 heteroatoms. The number of likely N-dealkylation sites (N-methyl/N-ethyl adjacent to an activating group) is 1. The van der Waals surface area contributed by atoms with E-state index in [1.54, 1.807) is 6.20 Å². The monoisotopic (exact) mass is 264 g/mol. The van der Waals surface area contributed by atoms with Gasteiger partial charge in [0, 0.05) is 29.7 Å². The SMILES string of the molecule is CCN(CC)C(C)(CC)C(N)Cc1cnccc1N. The maximum absolute atomic E-state index is 6.49. The number of anilines is 1. The number of nitrogens with two attached hydrogens (primary N) is 2. The molecule has 4 nitrogen and oxygen atoms in total. The van der Waals surface area contributed by atoms with Crippen LogP contribution in [0.1, 0.15) is 39.7 Å². The zero-order valence-electron chi connectivity index (χ0n) is 12.7. The van der Waals surface area contributed by atoms with Gasteiger partial charge in [0.15, 0.2) is 0 Å². The molecule has 0 aliphatic carbocycles. The van der Waals surface area contributed by atoms with Gasteiger partial charge >= 0.3 is 0 Å². The van der Waals surface area contributed by atoms with Crippen LogP contribution >= 0.6 is 0 Å². The van der Waals surface area contributed by atoms with Crippen molar-refractivity contribution < 1.29 is 0 Å². The zero-order chi connectivity index (χ0) is 14.5. The smallest absolute Gasteiger partial charge is 0.0378 e. The Morgan fingerprint density at radius 3 is 2.42 bits per heavy atom. The quantitative estimate of drug-likeness (QED) is 0.791. The van der Waals surface area contributed by atoms with E-state index < -0.39 is 0 Å². The summed E-state index contributed by atoms with van der Waals surface area (Å²) < 4.78 is 0. The fourth-order valence-electron chi connectivity index (χ4n) is 2.73. The fraction of sp³-hybridized carbons (Fsp3) is 0.667. The van der Waals surface area contributed by atoms with Crippen LogP contribution in [-0.4, -0.2) is 34.6 Å². The maximum atomic E-state index is 6.49. The standard InChI is InChI=1S/C15H28N4/c1-5-15(4,19(6-2)7-3)14(17)10-12-11-18-9-8-13(12)16/h8-9,11,14H,5-7,10,17H2,1-4H3,(H2,16,18). The lowest BCUT2D eigenvalue weighted by Gasteiger charge is -2.44. The molecule has 2 unspecified atom stereocenters. The van der Waals surface area contributed by atoms with Gasteiger partial charge in [-0.15, -0.1) is 0 Å². The highest BCUT2D eigenvalue weighted by molar-refractivity contribution is 5.44. The third kappa shape index (κ3) is 3.45. The number of hydrogen-bond acceptors (Lipinski definition) is 4. The minimum atomic E-state index is -0.00815. The van der Waals surface area contributed by atoms with Gasteiger partial charge in [0.25, 0.3) is 0 Å². The van der Waals surface area contributed by atoms with Crippen molar-refractivity contribution in [2.45, 2.75) is 52.1 Å². The van der Waals surface area contributed by atoms with Crippen molar-refractivity contribution in [1.82, 2.24) is 9.88 Å². The summed E-state index contributed by atoms with van der Waals surface area (Å²) in [4.78, 5) is 6.58. The molecular weight excluding hydrogens is 236 g/mol. The van der Waals surface area contributed by atoms with Crippen molar-refractivity contribution >= 4 is 5.69 Å². The molecule has 0 bridgehead atoms. The topological polar surface area (TPSA) is 68.2 Å². The van der Waals surface area contributed by atoms with Crippen LogP contribution in [0.25, 0.3) is 0 Å². The largest absolute Gasteiger partial charge is 0.398 e. The van der Waals surface area contributed by atoms with Crippen LogP contribution in [0.3, 0.4) is 0 Å². The van der Waals surface area contributed by atoms with E-state index in [0.29, 0.717) is 0 Å². The van der Waals surface area contributed by atoms with Gasteiger partial charge in [-0.05, 0) is 44.5 Å². The van der Waals surface area contributed by atoms with Gasteiger partial charge < -0.3 is 11.5 Å². The van der Waals surface area contributed by atoms with Crippen molar-refractivity contribution in [3.8, 4) is 0 Å². The minimum Gasteiger partial charge on any atom is -0.398 e. The van der Waals surface area contributed by atoms with Crippen LogP contribution in [0.2, 0.25) is 0 Å². The van der Waals surface area contributed by atoms with Crippen LogP contribution in [-0.2, 0) is 6.42 Å². The Hall–Kier alpha value is -1.13. The predicted octanol–water partition coefficient (Wildman–Crippen LogP) is 2.04. The predicted molar refractivity (Wildman–Crippen MR) is 81.9 cm³/mol. The van der Waals surface area contributed by atoms with E-state index in [1.807, 2.05) is 12.3 Å². The lowest BCUT2D eigenvalue weighted by molar-refractivity contribution is 0.0845. The summed E-state index contributed by atoms with van der Waals surface area (Å²) in [5.74, 6) is 0. The van der Waals surface area contributed by atoms with E-state index in [9.17, 15) is 0 Å². The van der Waals surface area contributed by atoms with Crippen molar-refractivity contribution in [3.63, 3.8) is 0 Å². The first-order valence-corrected chi connectivity index (χ1v) is 7.18. The van der Waals surface area contributed by atoms with Gasteiger partial charge in [-0.1, -0.05) is 20.8 Å². The molecule has 0 fully saturated rings. The molecule has 0 amide bonds. The Balaban J connectivity index is 2.90. The van der Waals surface area contributed by atoms with Crippen molar-refractivity contribution in [2.75, 3.05) is 18.8 Å². The number of hydrogen-bond donors (Lipinski definition) is 2. The summed E-state index contributed by atoms with van der Waals surface area (Å²) in [6.45, 7) is 10.8. The molecule has 1 aromatic rings. The second kappa shape index (κ2) is 6.87. The maximum Gasteiger partial charge on any atom is 0.0378 e. The molecule has 2 atom stereocenters. The molecule has 0 saturated carbocycles. The third-order valence-electron chi connectivity index (χ3n) is 4.38. The summed E-state index contributed by atoms with van der Waals surface area (Å²) in [7, 11) is 0. The highest BCUT2D eigenvalue weighted by Crippen LogP contribution is 2.25. The van der Waals surface area contributed by atoms with Gasteiger partial charge in [0.1, 0.15) is 0 Å². The van der Waals surface area contributed by atoms with Crippen LogP contribution < -0.4 is 11.5 Å². The van der Waals surface area contributed by atoms with Crippen LogP contribution in [0.15, 0.2) is 18.5 Å². The molecule has 0 spiro atoms. The molecule has 108 valence electrons. The van der Waals surface area contributed by atoms with Crippen molar-refractivity contribution in [1.29, 1.82) is 0 Å². The van der Waals surface area contributed by atoms with E-state index in [0.717, 1.165) is 37.2 Å². The Bertz CT molecular complexity index is 389. The van der Waals surface area contributed by atoms with Gasteiger partial charge in [-0.3, -0.25) is 9.88 Å². The van der Waals surface area contributed by atoms with Gasteiger partial charge in [-0.25, -0.2) is 0 Å². The molecular formula is C15H28N4. The first kappa shape index (κ1) is 15.9. The first-order valence-electron chi connectivity index (χ1n) is 7.18. The Kier molecular flexibility index (Phi) is 5.76. The van der Waals surface area contributed by atoms with Crippen molar-refractivity contribution in [2.24, 2.45) is 5.73 Å². The van der Waals surface area contributed by atoms with Crippen LogP contribution in [0.5, 0.6) is 0 Å². The Morgan fingerprint density at radius 2 is 1.95 bits per heavy atom. The van der Waals surface area contributed by atoms with Gasteiger partial charge in [-0.2, -0.15) is 0 Å². The van der Waals surface area contributed by atoms with Gasteiger partial charge in [0.2, 0.25) is 0 Å². The zero-order valence-corrected chi connectivity index (χ0v) is 12.7. The lowest BCUT2D eigenvalue weighted by atomic mass is 9.84. The first-order chi connectivity index (χ1) is 8.99. The number of nitrogens with zero attached hydrogens (tertiary/aromatic N) is 2. The summed E-state index contributed by atoms with van der Waals surface area (Å²) in [6, 6.07) is 1.88. The van der Waals surface area contributed by atoms with Crippen LogP contribution in [0, 0.1) is 0 Å². The number of pyridine rings is 1. The third-order valence-corrected chi connectivity index (χ3v) is 4.38. The summed E-state index contributed by atoms with van der Waals surface area (Å²) in [5, 5.41) is 0. The molecule has 4 N–H and O–H groups in total. The molecule has 0 aromatic carbocycles. The number of aromatic nitrogens is 1. The Labute approximate surface area is 117 Å². The normalized spacial score (nSPS) is 16.3. The van der Waals surface area contributed by atoms with E-state index >= 15 is 0 Å². The molecule has 0 radical (unpaired) electrons. The van der Waals surface area contributed by atoms with E-state index in [4.69, 9.17) is 11.5 Å². The fourth-order valence-corrected chi connectivity index (χ4v) is 2.73. The molecule has 1 heterocycles. The average molecular weight is 264 g/mol. The summed E-state index contributed by atoms with van der Waals surface area (Å²) in [5.41, 5.74) is 14.3. The summed E-state index contributed by atoms with van der Waals surface area (Å²) in [6.07, 6.45) is 5.33. The van der Waals surface area contributed by atoms with E-state index in [-0.39, 0.29) is 11.6 Å². The van der Waals surface area contributed by atoms with Crippen molar-refractivity contribution in [3.05, 3.63) is 24.0 Å². The number of rotatable bonds is 7. The molecule has 19 heavy (non-hydrogen) atoms. The second-order valence-corrected chi connectivity index (χ2v) is 5.27. The van der Waals surface area contributed by atoms with E-state index in [1.165, 1.54) is 0 Å². The van der Waals surface area contributed by atoms with Crippen LogP contribution in [0.4, 0.5) is 5.69 Å². The minimum absolute atomic E-state index is 0.00815. The highest BCUT2D eigenvalue weighted by Gasteiger charge is 2.34. The molecule has 0 aliphatic rings. The van der Waals surface area contributed by atoms with E-state index in [2.05, 4.69) is 37.6 Å². The Morgan fingerprint density at radius 1 is 1.32 bits per heavy atom. The molecule has 0 saturated heterocycles. The molecule has 1 rings (SSSR count). The number of nitrogen functional groups attached to an aromatic ring is 1. The molecule has 1 aromatic heterocycles.